The molecule has 1 amide bonds. The summed E-state index contributed by atoms with van der Waals surface area (Å²) in [6.45, 7) is 8.46. The van der Waals surface area contributed by atoms with Crippen LogP contribution in [-0.2, 0) is 9.59 Å². The van der Waals surface area contributed by atoms with Crippen molar-refractivity contribution in [2.24, 2.45) is 0 Å². The van der Waals surface area contributed by atoms with Crippen molar-refractivity contribution in [3.63, 3.8) is 0 Å². The Hall–Kier alpha value is -2.87. The number of anilines is 1. The molecule has 0 bridgehead atoms. The minimum atomic E-state index is -0.229. The summed E-state index contributed by atoms with van der Waals surface area (Å²) in [4.78, 5) is 33.7. The highest BCUT2D eigenvalue weighted by Crippen LogP contribution is 2.33. The standard InChI is InChI=1S/C23H29ClN4O4/c1-14(2)27-22(30)16(4)17-5-7-18(8-6-17)32-19-9-10-28(11-19)21-20(24)23(26-13-25-21)31-12-15(3)29/h5-8,13-14,16,19H,9-12H2,1-4H3,(H,27,30). The molecule has 0 saturated carbocycles. The Balaban J connectivity index is 1.59. The Morgan fingerprint density at radius 2 is 1.94 bits per heavy atom. The highest BCUT2D eigenvalue weighted by molar-refractivity contribution is 6.34. The lowest BCUT2D eigenvalue weighted by molar-refractivity contribution is -0.122. The van der Waals surface area contributed by atoms with Gasteiger partial charge in [0.2, 0.25) is 11.8 Å². The number of amides is 1. The van der Waals surface area contributed by atoms with Crippen molar-refractivity contribution in [1.82, 2.24) is 15.3 Å². The van der Waals surface area contributed by atoms with Crippen LogP contribution in [0.5, 0.6) is 11.6 Å². The van der Waals surface area contributed by atoms with Gasteiger partial charge in [-0.1, -0.05) is 23.7 Å². The smallest absolute Gasteiger partial charge is 0.238 e. The van der Waals surface area contributed by atoms with Gasteiger partial charge in [-0.3, -0.25) is 9.59 Å². The second-order valence-corrected chi connectivity index (χ2v) is 8.61. The van der Waals surface area contributed by atoms with Gasteiger partial charge < -0.3 is 19.7 Å². The van der Waals surface area contributed by atoms with Crippen LogP contribution in [0, 0.1) is 0 Å². The molecule has 3 rings (SSSR count). The van der Waals surface area contributed by atoms with Gasteiger partial charge in [0.15, 0.2) is 11.6 Å². The molecule has 1 saturated heterocycles. The van der Waals surface area contributed by atoms with E-state index in [9.17, 15) is 9.59 Å². The minimum absolute atomic E-state index is 0.00786. The molecular formula is C23H29ClN4O4. The second-order valence-electron chi connectivity index (χ2n) is 8.24. The van der Waals surface area contributed by atoms with E-state index in [4.69, 9.17) is 21.1 Å². The first-order valence-corrected chi connectivity index (χ1v) is 11.1. The van der Waals surface area contributed by atoms with E-state index in [1.54, 1.807) is 0 Å². The van der Waals surface area contributed by atoms with Crippen molar-refractivity contribution in [2.45, 2.75) is 52.2 Å². The van der Waals surface area contributed by atoms with Crippen LogP contribution in [0.3, 0.4) is 0 Å². The molecule has 1 aromatic heterocycles. The van der Waals surface area contributed by atoms with Crippen molar-refractivity contribution in [3.05, 3.63) is 41.2 Å². The molecule has 9 heteroatoms. The van der Waals surface area contributed by atoms with E-state index < -0.39 is 0 Å². The van der Waals surface area contributed by atoms with Crippen molar-refractivity contribution >= 4 is 29.1 Å². The second kappa shape index (κ2) is 10.6. The Bertz CT molecular complexity index is 952. The molecule has 8 nitrogen and oxygen atoms in total. The van der Waals surface area contributed by atoms with E-state index >= 15 is 0 Å². The predicted molar refractivity (Wildman–Crippen MR) is 123 cm³/mol. The number of benzene rings is 1. The fourth-order valence-electron chi connectivity index (χ4n) is 3.44. The summed E-state index contributed by atoms with van der Waals surface area (Å²) >= 11 is 6.41. The van der Waals surface area contributed by atoms with Gasteiger partial charge in [-0.25, -0.2) is 9.97 Å². The highest BCUT2D eigenvalue weighted by atomic mass is 35.5. The number of nitrogens with one attached hydrogen (secondary N) is 1. The lowest BCUT2D eigenvalue weighted by Crippen LogP contribution is -2.33. The van der Waals surface area contributed by atoms with Gasteiger partial charge >= 0.3 is 0 Å². The van der Waals surface area contributed by atoms with E-state index in [1.165, 1.54) is 13.3 Å². The van der Waals surface area contributed by atoms with Crippen LogP contribution in [-0.4, -0.2) is 53.5 Å². The topological polar surface area (TPSA) is 93.7 Å². The minimum Gasteiger partial charge on any atom is -0.489 e. The van der Waals surface area contributed by atoms with Crippen LogP contribution in [0.2, 0.25) is 5.02 Å². The Morgan fingerprint density at radius 3 is 2.59 bits per heavy atom. The molecule has 0 spiro atoms. The van der Waals surface area contributed by atoms with Gasteiger partial charge in [0.05, 0.1) is 12.5 Å². The number of halogens is 1. The zero-order valence-corrected chi connectivity index (χ0v) is 19.6. The molecule has 32 heavy (non-hydrogen) atoms. The molecular weight excluding hydrogens is 432 g/mol. The normalized spacial score (nSPS) is 16.7. The van der Waals surface area contributed by atoms with Crippen molar-refractivity contribution in [2.75, 3.05) is 24.6 Å². The number of aromatic nitrogens is 2. The summed E-state index contributed by atoms with van der Waals surface area (Å²) < 4.78 is 11.5. The van der Waals surface area contributed by atoms with E-state index in [-0.39, 0.29) is 47.3 Å². The van der Waals surface area contributed by atoms with Crippen LogP contribution in [0.25, 0.3) is 0 Å². The average Bonchev–Trinajstić information content (AvgIpc) is 3.20. The molecule has 1 aromatic carbocycles. The molecule has 0 radical (unpaired) electrons. The zero-order chi connectivity index (χ0) is 23.3. The number of ketones is 1. The Morgan fingerprint density at radius 1 is 1.22 bits per heavy atom. The molecule has 1 N–H and O–H groups in total. The van der Waals surface area contributed by atoms with E-state index in [1.807, 2.05) is 49.9 Å². The number of ether oxygens (including phenoxy) is 2. The van der Waals surface area contributed by atoms with E-state index in [0.717, 1.165) is 24.3 Å². The number of Topliss-reactive ketones (excluding diaryl/α,β-unsaturated/α-hetero) is 1. The Kier molecular flexibility index (Phi) is 7.90. The van der Waals surface area contributed by atoms with Crippen LogP contribution < -0.4 is 19.7 Å². The molecule has 1 aliphatic rings. The summed E-state index contributed by atoms with van der Waals surface area (Å²) in [7, 11) is 0. The predicted octanol–water partition coefficient (Wildman–Crippen LogP) is 3.38. The molecule has 2 aromatic rings. The summed E-state index contributed by atoms with van der Waals surface area (Å²) in [5.41, 5.74) is 0.939. The first kappa shape index (κ1) is 23.8. The summed E-state index contributed by atoms with van der Waals surface area (Å²) in [6, 6.07) is 7.74. The number of hydrogen-bond acceptors (Lipinski definition) is 7. The lowest BCUT2D eigenvalue weighted by Gasteiger charge is -2.20. The maximum absolute atomic E-state index is 12.2. The van der Waals surface area contributed by atoms with Gasteiger partial charge in [0.25, 0.3) is 0 Å². The number of nitrogens with zero attached hydrogens (tertiary/aromatic N) is 3. The van der Waals surface area contributed by atoms with E-state index in [0.29, 0.717) is 12.4 Å². The Labute approximate surface area is 193 Å². The lowest BCUT2D eigenvalue weighted by atomic mass is 10.00. The van der Waals surface area contributed by atoms with Gasteiger partial charge in [0, 0.05) is 19.0 Å². The molecule has 2 atom stereocenters. The van der Waals surface area contributed by atoms with Crippen LogP contribution in [0.4, 0.5) is 5.82 Å². The molecule has 0 aliphatic carbocycles. The monoisotopic (exact) mass is 460 g/mol. The maximum Gasteiger partial charge on any atom is 0.238 e. The molecule has 1 aliphatic heterocycles. The maximum atomic E-state index is 12.2. The van der Waals surface area contributed by atoms with Gasteiger partial charge in [0.1, 0.15) is 29.8 Å². The fraction of sp³-hybridized carbons (Fsp3) is 0.478. The van der Waals surface area contributed by atoms with Crippen molar-refractivity contribution in [3.8, 4) is 11.6 Å². The zero-order valence-electron chi connectivity index (χ0n) is 18.8. The highest BCUT2D eigenvalue weighted by Gasteiger charge is 2.28. The summed E-state index contributed by atoms with van der Waals surface area (Å²) in [5, 5.41) is 3.22. The number of rotatable bonds is 9. The molecule has 2 unspecified atom stereocenters. The van der Waals surface area contributed by atoms with Crippen LogP contribution in [0.15, 0.2) is 30.6 Å². The van der Waals surface area contributed by atoms with Crippen LogP contribution in [0.1, 0.15) is 45.6 Å². The summed E-state index contributed by atoms with van der Waals surface area (Å²) in [5.74, 6) is 1.17. The number of carbonyl (C=O) groups excluding carboxylic acids is 2. The van der Waals surface area contributed by atoms with Crippen molar-refractivity contribution in [1.29, 1.82) is 0 Å². The van der Waals surface area contributed by atoms with E-state index in [2.05, 4.69) is 15.3 Å². The quantitative estimate of drug-likeness (QED) is 0.613. The average molecular weight is 461 g/mol. The first-order valence-electron chi connectivity index (χ1n) is 10.7. The fourth-order valence-corrected chi connectivity index (χ4v) is 3.71. The summed E-state index contributed by atoms with van der Waals surface area (Å²) in [6.07, 6.45) is 2.15. The molecule has 172 valence electrons. The third kappa shape index (κ3) is 6.09. The number of carbonyl (C=O) groups is 2. The third-order valence-electron chi connectivity index (χ3n) is 5.10. The van der Waals surface area contributed by atoms with Gasteiger partial charge in [-0.15, -0.1) is 0 Å². The van der Waals surface area contributed by atoms with Crippen molar-refractivity contribution < 1.29 is 19.1 Å². The SMILES string of the molecule is CC(=O)COc1ncnc(N2CCC(Oc3ccc(C(C)C(=O)NC(C)C)cc3)C2)c1Cl. The van der Waals surface area contributed by atoms with Gasteiger partial charge in [-0.05, 0) is 45.4 Å². The first-order chi connectivity index (χ1) is 15.2. The number of hydrogen-bond donors (Lipinski definition) is 1. The third-order valence-corrected chi connectivity index (χ3v) is 5.43. The van der Waals surface area contributed by atoms with Gasteiger partial charge in [-0.2, -0.15) is 0 Å². The molecule has 1 fully saturated rings. The van der Waals surface area contributed by atoms with Crippen LogP contribution >= 0.6 is 11.6 Å². The molecule has 2 heterocycles. The largest absolute Gasteiger partial charge is 0.489 e.